The van der Waals surface area contributed by atoms with Crippen LogP contribution in [0.2, 0.25) is 0 Å². The first-order valence-corrected chi connectivity index (χ1v) is 3.34. The minimum atomic E-state index is -1.000. The summed E-state index contributed by atoms with van der Waals surface area (Å²) in [5.74, 6) is 0. The molecule has 0 aliphatic rings. The zero-order valence-electron chi connectivity index (χ0n) is 5.39. The summed E-state index contributed by atoms with van der Waals surface area (Å²) in [6, 6.07) is 0. The summed E-state index contributed by atoms with van der Waals surface area (Å²) < 4.78 is 14.5. The van der Waals surface area contributed by atoms with Gasteiger partial charge in [-0.05, 0) is 13.3 Å². The van der Waals surface area contributed by atoms with Gasteiger partial charge in [-0.25, -0.2) is 0 Å². The summed E-state index contributed by atoms with van der Waals surface area (Å²) in [7, 11) is -1.000. The van der Waals surface area contributed by atoms with E-state index in [2.05, 4.69) is 0 Å². The average Bonchev–Trinajstić information content (AvgIpc) is 1.68. The van der Waals surface area contributed by atoms with Gasteiger partial charge in [0.1, 0.15) is 0 Å². The van der Waals surface area contributed by atoms with Crippen molar-refractivity contribution in [2.24, 2.45) is 0 Å². The predicted molar refractivity (Wildman–Crippen MR) is 37.0 cm³/mol. The summed E-state index contributed by atoms with van der Waals surface area (Å²) in [6.45, 7) is 3.91. The molecule has 0 amide bonds. The van der Waals surface area contributed by atoms with E-state index in [0.29, 0.717) is 0 Å². The maximum absolute atomic E-state index is 9.76. The fraction of sp³-hybridized carbons (Fsp3) is 1.00. The zero-order chi connectivity index (χ0) is 5.70. The normalized spacial score (nSPS) is 13.8. The van der Waals surface area contributed by atoms with Crippen molar-refractivity contribution in [2.75, 3.05) is 0 Å². The van der Waals surface area contributed by atoms with Gasteiger partial charge in [-0.3, -0.25) is 4.57 Å². The van der Waals surface area contributed by atoms with Gasteiger partial charge < -0.3 is 4.52 Å². The number of rotatable bonds is 3. The fourth-order valence-corrected chi connectivity index (χ4v) is 0.573. The first-order valence-electron chi connectivity index (χ1n) is 2.40. The van der Waals surface area contributed by atoms with Gasteiger partial charge in [-0.2, -0.15) is 0 Å². The van der Waals surface area contributed by atoms with E-state index in [4.69, 9.17) is 4.52 Å². The minimum absolute atomic E-state index is 0. The van der Waals surface area contributed by atoms with E-state index in [1.54, 1.807) is 0 Å². The first kappa shape index (κ1) is 12.2. The first-order chi connectivity index (χ1) is 3.31. The smallest absolute Gasteiger partial charge is 0.180 e. The van der Waals surface area contributed by atoms with Crippen molar-refractivity contribution in [3.63, 3.8) is 0 Å². The Bertz CT molecular complexity index is 60.0. The number of hydrogen-bond donors (Lipinski definition) is 0. The molecule has 0 N–H and O–H groups in total. The molecule has 2 nitrogen and oxygen atoms in total. The molecule has 2 atom stereocenters. The molecule has 0 aliphatic heterocycles. The summed E-state index contributed by atoms with van der Waals surface area (Å²) in [5.41, 5.74) is 0. The Labute approximate surface area is 81.3 Å². The van der Waals surface area contributed by atoms with Crippen LogP contribution in [0.5, 0.6) is 0 Å². The fourth-order valence-electron chi connectivity index (χ4n) is 0.191. The largest absolute Gasteiger partial charge is 0.329 e. The van der Waals surface area contributed by atoms with E-state index < -0.39 is 8.69 Å². The Hall–Kier alpha value is 1.45. The Morgan fingerprint density at radius 2 is 2.25 bits per heavy atom. The third kappa shape index (κ3) is 7.45. The summed E-state index contributed by atoms with van der Waals surface area (Å²) in [6.07, 6.45) is 1.11. The molecule has 0 spiro atoms. The predicted octanol–water partition coefficient (Wildman–Crippen LogP) is 1.09. The van der Waals surface area contributed by atoms with E-state index >= 15 is 0 Å². The van der Waals surface area contributed by atoms with Gasteiger partial charge in [0, 0.05) is 37.7 Å². The monoisotopic (exact) mass is 162 g/mol. The molecular weight excluding hydrogens is 151 g/mol. The Kier molecular flexibility index (Phi) is 12.8. The Balaban J connectivity index is 0. The topological polar surface area (TPSA) is 26.3 Å². The third-order valence-electron chi connectivity index (χ3n) is 0.863. The van der Waals surface area contributed by atoms with Gasteiger partial charge in [-0.15, -0.1) is 0 Å². The van der Waals surface area contributed by atoms with Crippen LogP contribution in [0.1, 0.15) is 20.3 Å². The van der Waals surface area contributed by atoms with Crippen molar-refractivity contribution in [3.05, 3.63) is 0 Å². The van der Waals surface area contributed by atoms with Crippen molar-refractivity contribution < 1.29 is 9.09 Å². The van der Waals surface area contributed by atoms with Crippen LogP contribution in [0, 0.1) is 0 Å². The molecule has 4 heteroatoms. The van der Waals surface area contributed by atoms with E-state index in [1.807, 2.05) is 13.8 Å². The van der Waals surface area contributed by atoms with Crippen LogP contribution in [0.3, 0.4) is 0 Å². The molecule has 0 fully saturated rings. The summed E-state index contributed by atoms with van der Waals surface area (Å²) in [5, 5.41) is 0. The van der Waals surface area contributed by atoms with Crippen LogP contribution in [0.4, 0.5) is 0 Å². The van der Waals surface area contributed by atoms with Crippen LogP contribution in [-0.4, -0.2) is 43.8 Å². The molecule has 0 aliphatic carbocycles. The second kappa shape index (κ2) is 8.45. The van der Waals surface area contributed by atoms with Crippen LogP contribution in [-0.2, 0) is 9.09 Å². The van der Waals surface area contributed by atoms with Crippen molar-refractivity contribution in [1.82, 2.24) is 0 Å². The molecular formula is C4H11CaO2P. The van der Waals surface area contributed by atoms with Crippen molar-refractivity contribution in [3.8, 4) is 0 Å². The van der Waals surface area contributed by atoms with Crippen molar-refractivity contribution in [1.29, 1.82) is 0 Å². The second-order valence-corrected chi connectivity index (χ2v) is 1.92. The Morgan fingerprint density at radius 3 is 2.38 bits per heavy atom. The molecule has 0 heterocycles. The molecule has 0 aromatic rings. The average molecular weight is 162 g/mol. The maximum atomic E-state index is 9.76. The number of hydrogen-bond acceptors (Lipinski definition) is 2. The van der Waals surface area contributed by atoms with E-state index in [0.717, 1.165) is 6.42 Å². The van der Waals surface area contributed by atoms with E-state index in [1.165, 1.54) is 0 Å². The standard InChI is InChI=1S/C4H11O2P.Ca/c1-3-4(2)6-7-5;/h4H,3,7H2,1-2H3;. The van der Waals surface area contributed by atoms with E-state index in [-0.39, 0.29) is 43.8 Å². The summed E-state index contributed by atoms with van der Waals surface area (Å²) >= 11 is 0. The van der Waals surface area contributed by atoms with Crippen molar-refractivity contribution >= 4 is 46.4 Å². The second-order valence-electron chi connectivity index (χ2n) is 1.45. The zero-order valence-corrected chi connectivity index (χ0v) is 8.75. The molecule has 0 aromatic heterocycles. The SMILES string of the molecule is CCC(C)O[PH2]=O.[Ca]. The Morgan fingerprint density at radius 1 is 1.75 bits per heavy atom. The molecule has 2 unspecified atom stereocenters. The molecule has 46 valence electrons. The quantitative estimate of drug-likeness (QED) is 0.458. The van der Waals surface area contributed by atoms with Gasteiger partial charge in [0.05, 0.1) is 6.10 Å². The molecule has 0 rings (SSSR count). The van der Waals surface area contributed by atoms with Gasteiger partial charge in [0.25, 0.3) is 0 Å². The third-order valence-corrected chi connectivity index (χ3v) is 1.44. The van der Waals surface area contributed by atoms with Gasteiger partial charge in [-0.1, -0.05) is 6.92 Å². The molecule has 8 heavy (non-hydrogen) atoms. The van der Waals surface area contributed by atoms with Crippen LogP contribution in [0.15, 0.2) is 0 Å². The molecule has 0 saturated carbocycles. The maximum Gasteiger partial charge on any atom is 0.180 e. The van der Waals surface area contributed by atoms with Gasteiger partial charge >= 0.3 is 0 Å². The van der Waals surface area contributed by atoms with Crippen molar-refractivity contribution in [2.45, 2.75) is 26.4 Å². The van der Waals surface area contributed by atoms with Crippen LogP contribution >= 0.6 is 8.69 Å². The summed E-state index contributed by atoms with van der Waals surface area (Å²) in [4.78, 5) is 0. The molecule has 0 aromatic carbocycles. The van der Waals surface area contributed by atoms with Gasteiger partial charge in [0.15, 0.2) is 8.69 Å². The molecule has 0 saturated heterocycles. The molecule has 2 radical (unpaired) electrons. The van der Waals surface area contributed by atoms with Crippen LogP contribution < -0.4 is 0 Å². The van der Waals surface area contributed by atoms with Gasteiger partial charge in [0.2, 0.25) is 0 Å². The van der Waals surface area contributed by atoms with E-state index in [9.17, 15) is 4.57 Å². The molecule has 0 bridgehead atoms. The minimum Gasteiger partial charge on any atom is -0.329 e. The van der Waals surface area contributed by atoms with Crippen LogP contribution in [0.25, 0.3) is 0 Å².